The number of hydrazine groups is 1. The fraction of sp³-hybridized carbons (Fsp3) is 0.278. The maximum absolute atomic E-state index is 12.2. The van der Waals surface area contributed by atoms with Gasteiger partial charge in [0.25, 0.3) is 5.91 Å². The van der Waals surface area contributed by atoms with Crippen molar-refractivity contribution in [3.8, 4) is 0 Å². The van der Waals surface area contributed by atoms with Crippen LogP contribution in [0.1, 0.15) is 26.6 Å². The first-order valence-corrected chi connectivity index (χ1v) is 9.37. The van der Waals surface area contributed by atoms with E-state index in [0.717, 1.165) is 29.2 Å². The van der Waals surface area contributed by atoms with Crippen molar-refractivity contribution in [1.29, 1.82) is 0 Å². The lowest BCUT2D eigenvalue weighted by molar-refractivity contribution is 0.0830. The van der Waals surface area contributed by atoms with Crippen LogP contribution in [-0.4, -0.2) is 43.1 Å². The van der Waals surface area contributed by atoms with Crippen LogP contribution in [0.15, 0.2) is 34.1 Å². The first kappa shape index (κ1) is 17.5. The number of thiazole rings is 1. The quantitative estimate of drug-likeness (QED) is 0.669. The molecule has 2 aromatic heterocycles. The van der Waals surface area contributed by atoms with Crippen LogP contribution in [0.5, 0.6) is 0 Å². The largest absolute Gasteiger partial charge is 0.451 e. The zero-order valence-corrected chi connectivity index (χ0v) is 15.5. The second kappa shape index (κ2) is 7.37. The Morgan fingerprint density at radius 1 is 1.15 bits per heavy atom. The summed E-state index contributed by atoms with van der Waals surface area (Å²) in [5.41, 5.74) is 6.67. The van der Waals surface area contributed by atoms with Crippen molar-refractivity contribution in [3.63, 3.8) is 0 Å². The van der Waals surface area contributed by atoms with E-state index in [1.165, 1.54) is 11.3 Å². The van der Waals surface area contributed by atoms with Gasteiger partial charge in [0.2, 0.25) is 0 Å². The average molecular weight is 386 g/mol. The first-order chi connectivity index (χ1) is 13.1. The Bertz CT molecular complexity index is 990. The summed E-state index contributed by atoms with van der Waals surface area (Å²) in [5, 5.41) is 3.26. The van der Waals surface area contributed by atoms with Gasteiger partial charge in [-0.05, 0) is 25.1 Å². The molecular weight excluding hydrogens is 368 g/mol. The molecule has 9 heteroatoms. The lowest BCUT2D eigenvalue weighted by atomic mass is 10.2. The van der Waals surface area contributed by atoms with E-state index in [4.69, 9.17) is 9.15 Å². The van der Waals surface area contributed by atoms with E-state index in [-0.39, 0.29) is 11.5 Å². The highest BCUT2D eigenvalue weighted by molar-refractivity contribution is 7.13. The molecule has 0 spiro atoms. The predicted molar refractivity (Wildman–Crippen MR) is 101 cm³/mol. The van der Waals surface area contributed by atoms with Crippen LogP contribution in [0, 0.1) is 6.92 Å². The third kappa shape index (κ3) is 3.79. The SMILES string of the molecule is Cc1ccc2oc(C(=O)NNC(=O)c3csc(N4CCOCC4)n3)cc2c1. The third-order valence-electron chi connectivity index (χ3n) is 4.19. The summed E-state index contributed by atoms with van der Waals surface area (Å²) in [6.07, 6.45) is 0. The van der Waals surface area contributed by atoms with E-state index in [0.29, 0.717) is 18.8 Å². The number of furan rings is 1. The molecule has 0 saturated carbocycles. The smallest absolute Gasteiger partial charge is 0.305 e. The number of nitrogens with one attached hydrogen (secondary N) is 2. The summed E-state index contributed by atoms with van der Waals surface area (Å²) in [4.78, 5) is 30.9. The second-order valence-electron chi connectivity index (χ2n) is 6.17. The Morgan fingerprint density at radius 3 is 2.74 bits per heavy atom. The van der Waals surface area contributed by atoms with Crippen molar-refractivity contribution in [2.75, 3.05) is 31.2 Å². The van der Waals surface area contributed by atoms with Crippen LogP contribution >= 0.6 is 11.3 Å². The number of carbonyl (C=O) groups excluding carboxylic acids is 2. The molecule has 8 nitrogen and oxygen atoms in total. The van der Waals surface area contributed by atoms with Crippen LogP contribution in [0.3, 0.4) is 0 Å². The molecule has 2 amide bonds. The molecule has 1 aliphatic heterocycles. The van der Waals surface area contributed by atoms with Gasteiger partial charge in [0, 0.05) is 23.9 Å². The normalized spacial score (nSPS) is 14.3. The van der Waals surface area contributed by atoms with Gasteiger partial charge in [0.05, 0.1) is 13.2 Å². The topological polar surface area (TPSA) is 96.7 Å². The Balaban J connectivity index is 1.38. The number of carbonyl (C=O) groups is 2. The van der Waals surface area contributed by atoms with E-state index in [9.17, 15) is 9.59 Å². The van der Waals surface area contributed by atoms with E-state index < -0.39 is 11.8 Å². The van der Waals surface area contributed by atoms with Crippen molar-refractivity contribution in [1.82, 2.24) is 15.8 Å². The number of nitrogens with zero attached hydrogens (tertiary/aromatic N) is 2. The molecule has 0 atom stereocenters. The fourth-order valence-corrected chi connectivity index (χ4v) is 3.64. The van der Waals surface area contributed by atoms with Gasteiger partial charge in [-0.1, -0.05) is 11.6 Å². The molecule has 27 heavy (non-hydrogen) atoms. The highest BCUT2D eigenvalue weighted by atomic mass is 32.1. The molecule has 140 valence electrons. The van der Waals surface area contributed by atoms with E-state index >= 15 is 0 Å². The van der Waals surface area contributed by atoms with Gasteiger partial charge in [0.1, 0.15) is 11.3 Å². The number of aromatic nitrogens is 1. The lowest BCUT2D eigenvalue weighted by Gasteiger charge is -2.25. The van der Waals surface area contributed by atoms with Crippen LogP contribution < -0.4 is 15.8 Å². The summed E-state index contributed by atoms with van der Waals surface area (Å²) < 4.78 is 10.8. The maximum atomic E-state index is 12.2. The molecule has 1 aliphatic rings. The summed E-state index contributed by atoms with van der Waals surface area (Å²) in [6.45, 7) is 4.75. The molecule has 4 rings (SSSR count). The highest BCUT2D eigenvalue weighted by Gasteiger charge is 2.18. The van der Waals surface area contributed by atoms with Gasteiger partial charge in [-0.15, -0.1) is 11.3 Å². The number of ether oxygens (including phenoxy) is 1. The molecular formula is C18H18N4O4S. The van der Waals surface area contributed by atoms with E-state index in [2.05, 4.69) is 20.7 Å². The Labute approximate surface area is 159 Å². The molecule has 2 N–H and O–H groups in total. The number of benzene rings is 1. The number of hydrogen-bond donors (Lipinski definition) is 2. The van der Waals surface area contributed by atoms with Crippen LogP contribution in [0.4, 0.5) is 5.13 Å². The molecule has 1 saturated heterocycles. The zero-order chi connectivity index (χ0) is 18.8. The van der Waals surface area contributed by atoms with Crippen molar-refractivity contribution in [2.24, 2.45) is 0 Å². The number of morpholine rings is 1. The van der Waals surface area contributed by atoms with Crippen LogP contribution in [-0.2, 0) is 4.74 Å². The fourth-order valence-electron chi connectivity index (χ4n) is 2.78. The highest BCUT2D eigenvalue weighted by Crippen LogP contribution is 2.22. The standard InChI is InChI=1S/C18H18N4O4S/c1-11-2-3-14-12(8-11)9-15(26-14)17(24)21-20-16(23)13-10-27-18(19-13)22-4-6-25-7-5-22/h2-3,8-10H,4-7H2,1H3,(H,20,23)(H,21,24). The number of aryl methyl sites for hydroxylation is 1. The van der Waals surface area contributed by atoms with Gasteiger partial charge in [-0.2, -0.15) is 0 Å². The number of amides is 2. The summed E-state index contributed by atoms with van der Waals surface area (Å²) in [6, 6.07) is 7.28. The maximum Gasteiger partial charge on any atom is 0.305 e. The summed E-state index contributed by atoms with van der Waals surface area (Å²) in [5.74, 6) is -0.880. The van der Waals surface area contributed by atoms with Gasteiger partial charge in [-0.25, -0.2) is 4.98 Å². The van der Waals surface area contributed by atoms with Crippen molar-refractivity contribution < 1.29 is 18.7 Å². The zero-order valence-electron chi connectivity index (χ0n) is 14.7. The molecule has 1 aromatic carbocycles. The molecule has 0 unspecified atom stereocenters. The van der Waals surface area contributed by atoms with Crippen molar-refractivity contribution >= 4 is 39.3 Å². The minimum absolute atomic E-state index is 0.128. The van der Waals surface area contributed by atoms with Crippen molar-refractivity contribution in [2.45, 2.75) is 6.92 Å². The molecule has 3 aromatic rings. The first-order valence-electron chi connectivity index (χ1n) is 8.49. The van der Waals surface area contributed by atoms with Gasteiger partial charge in [0.15, 0.2) is 10.9 Å². The number of rotatable bonds is 3. The van der Waals surface area contributed by atoms with Gasteiger partial charge >= 0.3 is 5.91 Å². The van der Waals surface area contributed by atoms with E-state index in [1.54, 1.807) is 11.4 Å². The van der Waals surface area contributed by atoms with Crippen molar-refractivity contribution in [3.05, 3.63) is 46.7 Å². The van der Waals surface area contributed by atoms with E-state index in [1.807, 2.05) is 25.1 Å². The van der Waals surface area contributed by atoms with Gasteiger partial charge < -0.3 is 14.1 Å². The van der Waals surface area contributed by atoms with Gasteiger partial charge in [-0.3, -0.25) is 20.4 Å². The number of fused-ring (bicyclic) bond motifs is 1. The van der Waals surface area contributed by atoms with Crippen LogP contribution in [0.25, 0.3) is 11.0 Å². The number of anilines is 1. The Kier molecular flexibility index (Phi) is 4.78. The molecule has 0 radical (unpaired) electrons. The molecule has 3 heterocycles. The minimum Gasteiger partial charge on any atom is -0.451 e. The molecule has 0 bridgehead atoms. The third-order valence-corrected chi connectivity index (χ3v) is 5.09. The van der Waals surface area contributed by atoms with Crippen LogP contribution in [0.2, 0.25) is 0 Å². The Hall–Kier alpha value is -2.91. The predicted octanol–water partition coefficient (Wildman–Crippen LogP) is 2.11. The average Bonchev–Trinajstić information content (AvgIpc) is 3.33. The Morgan fingerprint density at radius 2 is 1.93 bits per heavy atom. The second-order valence-corrected chi connectivity index (χ2v) is 7.01. The summed E-state index contributed by atoms with van der Waals surface area (Å²) >= 11 is 1.39. The summed E-state index contributed by atoms with van der Waals surface area (Å²) in [7, 11) is 0. The monoisotopic (exact) mass is 386 g/mol. The number of hydrogen-bond acceptors (Lipinski definition) is 7. The molecule has 0 aliphatic carbocycles. The minimum atomic E-state index is -0.527. The molecule has 1 fully saturated rings. The lowest BCUT2D eigenvalue weighted by Crippen LogP contribution is -2.41.